The summed E-state index contributed by atoms with van der Waals surface area (Å²) in [6.07, 6.45) is 0.638. The van der Waals surface area contributed by atoms with Crippen molar-refractivity contribution in [1.29, 1.82) is 0 Å². The van der Waals surface area contributed by atoms with Crippen LogP contribution in [0.4, 0.5) is 0 Å². The highest BCUT2D eigenvalue weighted by molar-refractivity contribution is 5.80. The van der Waals surface area contributed by atoms with Crippen LogP contribution in [0.5, 0.6) is 0 Å². The Kier molecular flexibility index (Phi) is 4.70. The number of nitrogens with zero attached hydrogens (tertiary/aromatic N) is 1. The van der Waals surface area contributed by atoms with Gasteiger partial charge < -0.3 is 15.8 Å². The molecule has 1 amide bonds. The minimum atomic E-state index is -0.315. The molecule has 5 nitrogen and oxygen atoms in total. The Morgan fingerprint density at radius 2 is 2.06 bits per heavy atom. The topological polar surface area (TPSA) is 67.6 Å². The predicted octanol–water partition coefficient (Wildman–Crippen LogP) is -0.439. The van der Waals surface area contributed by atoms with E-state index in [1.54, 1.807) is 7.11 Å². The van der Waals surface area contributed by atoms with Gasteiger partial charge in [-0.3, -0.25) is 9.69 Å². The lowest BCUT2D eigenvalue weighted by Gasteiger charge is -2.36. The number of carbonyl (C=O) groups is 1. The summed E-state index contributed by atoms with van der Waals surface area (Å²) < 4.78 is 5.36. The summed E-state index contributed by atoms with van der Waals surface area (Å²) in [5.74, 6) is -0.257. The molecule has 5 heteroatoms. The maximum absolute atomic E-state index is 11.5. The van der Waals surface area contributed by atoms with Crippen molar-refractivity contribution in [3.63, 3.8) is 0 Å². The van der Waals surface area contributed by atoms with Gasteiger partial charge in [-0.2, -0.15) is 0 Å². The first-order valence-corrected chi connectivity index (χ1v) is 5.75. The molecule has 1 atom stereocenters. The molecule has 0 aliphatic carbocycles. The Morgan fingerprint density at radius 3 is 2.50 bits per heavy atom. The van der Waals surface area contributed by atoms with Crippen LogP contribution in [-0.4, -0.2) is 55.7 Å². The number of nitrogens with one attached hydrogen (secondary N) is 1. The Hall–Kier alpha value is -0.650. The van der Waals surface area contributed by atoms with Crippen LogP contribution in [-0.2, 0) is 9.53 Å². The molecule has 1 rings (SSSR count). The van der Waals surface area contributed by atoms with Crippen LogP contribution >= 0.6 is 0 Å². The lowest BCUT2D eigenvalue weighted by molar-refractivity contribution is -0.126. The van der Waals surface area contributed by atoms with E-state index in [2.05, 4.69) is 10.2 Å². The number of primary amides is 1. The van der Waals surface area contributed by atoms with Gasteiger partial charge in [0, 0.05) is 39.7 Å². The molecule has 0 spiro atoms. The maximum Gasteiger partial charge on any atom is 0.234 e. The fourth-order valence-electron chi connectivity index (χ4n) is 1.95. The van der Waals surface area contributed by atoms with E-state index in [9.17, 15) is 4.79 Å². The number of hydrogen-bond donors (Lipinski definition) is 2. The number of methoxy groups -OCH3 is 1. The third-order valence-corrected chi connectivity index (χ3v) is 3.16. The fraction of sp³-hybridized carbons (Fsp3) is 0.909. The van der Waals surface area contributed by atoms with Crippen molar-refractivity contribution in [2.75, 3.05) is 33.3 Å². The van der Waals surface area contributed by atoms with Crippen molar-refractivity contribution in [3.05, 3.63) is 0 Å². The highest BCUT2D eigenvalue weighted by atomic mass is 16.5. The SMILES string of the molecule is COC(C)(C)CC(C(N)=O)N1CCNCC1. The normalized spacial score (nSPS) is 20.7. The Bertz CT molecular complexity index is 237. The van der Waals surface area contributed by atoms with Gasteiger partial charge in [-0.1, -0.05) is 0 Å². The maximum atomic E-state index is 11.5. The zero-order chi connectivity index (χ0) is 12.2. The monoisotopic (exact) mass is 229 g/mol. The number of piperazine rings is 1. The van der Waals surface area contributed by atoms with Crippen LogP contribution in [0.2, 0.25) is 0 Å². The second-order valence-electron chi connectivity index (χ2n) is 4.87. The number of nitrogens with two attached hydrogens (primary N) is 1. The first-order chi connectivity index (χ1) is 7.46. The van der Waals surface area contributed by atoms with E-state index >= 15 is 0 Å². The lowest BCUT2D eigenvalue weighted by atomic mass is 9.97. The molecule has 16 heavy (non-hydrogen) atoms. The Labute approximate surface area is 97.3 Å². The number of carbonyl (C=O) groups excluding carboxylic acids is 1. The number of rotatable bonds is 5. The molecule has 0 aromatic carbocycles. The Balaban J connectivity index is 2.63. The molecule has 1 heterocycles. The molecule has 0 radical (unpaired) electrons. The molecule has 0 aromatic rings. The summed E-state index contributed by atoms with van der Waals surface area (Å²) in [6.45, 7) is 7.52. The van der Waals surface area contributed by atoms with E-state index in [1.807, 2.05) is 13.8 Å². The van der Waals surface area contributed by atoms with Gasteiger partial charge in [0.05, 0.1) is 11.6 Å². The van der Waals surface area contributed by atoms with Crippen molar-refractivity contribution in [2.24, 2.45) is 5.73 Å². The van der Waals surface area contributed by atoms with Crippen molar-refractivity contribution in [1.82, 2.24) is 10.2 Å². The zero-order valence-corrected chi connectivity index (χ0v) is 10.5. The van der Waals surface area contributed by atoms with E-state index in [0.29, 0.717) is 6.42 Å². The van der Waals surface area contributed by atoms with Gasteiger partial charge in [-0.25, -0.2) is 0 Å². The van der Waals surface area contributed by atoms with Crippen LogP contribution in [0, 0.1) is 0 Å². The second-order valence-corrected chi connectivity index (χ2v) is 4.87. The molecule has 1 fully saturated rings. The molecule has 0 saturated carbocycles. The van der Waals surface area contributed by atoms with Crippen LogP contribution in [0.1, 0.15) is 20.3 Å². The van der Waals surface area contributed by atoms with E-state index in [4.69, 9.17) is 10.5 Å². The van der Waals surface area contributed by atoms with Gasteiger partial charge in [0.15, 0.2) is 0 Å². The van der Waals surface area contributed by atoms with E-state index in [-0.39, 0.29) is 17.6 Å². The molecule has 0 bridgehead atoms. The van der Waals surface area contributed by atoms with Crippen LogP contribution in [0.15, 0.2) is 0 Å². The van der Waals surface area contributed by atoms with Gasteiger partial charge in [0.25, 0.3) is 0 Å². The average Bonchev–Trinajstić information content (AvgIpc) is 2.27. The molecule has 0 aromatic heterocycles. The summed E-state index contributed by atoms with van der Waals surface area (Å²) in [5.41, 5.74) is 5.16. The fourth-order valence-corrected chi connectivity index (χ4v) is 1.95. The van der Waals surface area contributed by atoms with Crippen LogP contribution in [0.3, 0.4) is 0 Å². The molecule has 1 saturated heterocycles. The van der Waals surface area contributed by atoms with Gasteiger partial charge in [-0.05, 0) is 13.8 Å². The summed E-state index contributed by atoms with van der Waals surface area (Å²) >= 11 is 0. The lowest BCUT2D eigenvalue weighted by Crippen LogP contribution is -2.55. The van der Waals surface area contributed by atoms with Crippen molar-refractivity contribution >= 4 is 5.91 Å². The third-order valence-electron chi connectivity index (χ3n) is 3.16. The smallest absolute Gasteiger partial charge is 0.234 e. The summed E-state index contributed by atoms with van der Waals surface area (Å²) in [5, 5.41) is 3.26. The molecule has 1 aliphatic heterocycles. The highest BCUT2D eigenvalue weighted by Gasteiger charge is 2.31. The summed E-state index contributed by atoms with van der Waals surface area (Å²) in [7, 11) is 1.66. The highest BCUT2D eigenvalue weighted by Crippen LogP contribution is 2.19. The van der Waals surface area contributed by atoms with Crippen molar-refractivity contribution in [3.8, 4) is 0 Å². The quantitative estimate of drug-likeness (QED) is 0.671. The minimum absolute atomic E-state index is 0.225. The van der Waals surface area contributed by atoms with Crippen LogP contribution < -0.4 is 11.1 Å². The molecule has 1 aliphatic rings. The molecular weight excluding hydrogens is 206 g/mol. The second kappa shape index (κ2) is 5.61. The van der Waals surface area contributed by atoms with E-state index in [1.165, 1.54) is 0 Å². The van der Waals surface area contributed by atoms with Crippen LogP contribution in [0.25, 0.3) is 0 Å². The Morgan fingerprint density at radius 1 is 1.50 bits per heavy atom. The third kappa shape index (κ3) is 3.73. The van der Waals surface area contributed by atoms with E-state index < -0.39 is 0 Å². The summed E-state index contributed by atoms with van der Waals surface area (Å²) in [4.78, 5) is 13.6. The largest absolute Gasteiger partial charge is 0.379 e. The summed E-state index contributed by atoms with van der Waals surface area (Å²) in [6, 6.07) is -0.225. The first kappa shape index (κ1) is 13.4. The first-order valence-electron chi connectivity index (χ1n) is 5.75. The van der Waals surface area contributed by atoms with Crippen molar-refractivity contribution < 1.29 is 9.53 Å². The number of ether oxygens (including phenoxy) is 1. The number of hydrogen-bond acceptors (Lipinski definition) is 4. The van der Waals surface area contributed by atoms with E-state index in [0.717, 1.165) is 26.2 Å². The standard InChI is InChI=1S/C11H23N3O2/c1-11(2,16-3)8-9(10(12)15)14-6-4-13-5-7-14/h9,13H,4-8H2,1-3H3,(H2,12,15). The molecule has 1 unspecified atom stereocenters. The average molecular weight is 229 g/mol. The van der Waals surface area contributed by atoms with Gasteiger partial charge >= 0.3 is 0 Å². The predicted molar refractivity (Wildman–Crippen MR) is 63.1 cm³/mol. The van der Waals surface area contributed by atoms with Crippen molar-refractivity contribution in [2.45, 2.75) is 31.9 Å². The van der Waals surface area contributed by atoms with Gasteiger partial charge in [-0.15, -0.1) is 0 Å². The minimum Gasteiger partial charge on any atom is -0.379 e. The number of amides is 1. The molecule has 3 N–H and O–H groups in total. The molecule has 94 valence electrons. The van der Waals surface area contributed by atoms with Gasteiger partial charge in [0.2, 0.25) is 5.91 Å². The molecular formula is C11H23N3O2. The zero-order valence-electron chi connectivity index (χ0n) is 10.5. The van der Waals surface area contributed by atoms with Gasteiger partial charge in [0.1, 0.15) is 0 Å².